The quantitative estimate of drug-likeness (QED) is 0.753. The van der Waals surface area contributed by atoms with Crippen molar-refractivity contribution in [2.24, 2.45) is 0 Å². The minimum Gasteiger partial charge on any atom is -0.445 e. The maximum atomic E-state index is 13.1. The van der Waals surface area contributed by atoms with Crippen LogP contribution in [0, 0.1) is 0 Å². The lowest BCUT2D eigenvalue weighted by atomic mass is 10.1. The average Bonchev–Trinajstić information content (AvgIpc) is 3.29. The number of oxazole rings is 1. The van der Waals surface area contributed by atoms with E-state index < -0.39 is 10.2 Å². The monoisotopic (exact) mass is 391 g/mol. The predicted octanol–water partition coefficient (Wildman–Crippen LogP) is 1.98. The van der Waals surface area contributed by atoms with E-state index in [1.54, 1.807) is 11.4 Å². The normalized spacial score (nSPS) is 21.4. The van der Waals surface area contributed by atoms with Crippen LogP contribution in [0.4, 0.5) is 0 Å². The Labute approximate surface area is 160 Å². The number of hydrogen-bond donors (Lipinski definition) is 0. The van der Waals surface area contributed by atoms with Gasteiger partial charge in [0, 0.05) is 39.1 Å². The van der Waals surface area contributed by atoms with E-state index in [4.69, 9.17) is 9.15 Å². The van der Waals surface area contributed by atoms with Gasteiger partial charge in [-0.3, -0.25) is 0 Å². The molecule has 1 aromatic carbocycles. The number of methoxy groups -OCH3 is 1. The molecule has 8 heteroatoms. The molecule has 146 valence electrons. The molecule has 0 amide bonds. The summed E-state index contributed by atoms with van der Waals surface area (Å²) in [5.41, 5.74) is 1.86. The molecule has 0 spiro atoms. The lowest BCUT2D eigenvalue weighted by molar-refractivity contribution is 0.145. The van der Waals surface area contributed by atoms with Crippen molar-refractivity contribution in [3.05, 3.63) is 53.2 Å². The summed E-state index contributed by atoms with van der Waals surface area (Å²) in [5.74, 6) is 1.45. The standard InChI is InChI=1S/C19H25N3O4S/c1-25-14-16-8-5-10-22(16)27(23,24)21-11-9-18-17(13-21)20-19(26-18)12-15-6-3-2-4-7-15/h2-4,6-7,16H,5,8-14H2,1H3. The minimum absolute atomic E-state index is 0.0765. The fourth-order valence-corrected chi connectivity index (χ4v) is 5.70. The zero-order chi connectivity index (χ0) is 18.9. The molecule has 7 nitrogen and oxygen atoms in total. The van der Waals surface area contributed by atoms with E-state index in [0.29, 0.717) is 38.4 Å². The van der Waals surface area contributed by atoms with Crippen LogP contribution in [0.1, 0.15) is 35.7 Å². The van der Waals surface area contributed by atoms with Crippen LogP contribution < -0.4 is 0 Å². The molecule has 0 bridgehead atoms. The number of benzene rings is 1. The van der Waals surface area contributed by atoms with Crippen LogP contribution in [0.3, 0.4) is 0 Å². The van der Waals surface area contributed by atoms with E-state index in [2.05, 4.69) is 4.98 Å². The third kappa shape index (κ3) is 3.80. The summed E-state index contributed by atoms with van der Waals surface area (Å²) in [6.07, 6.45) is 2.89. The lowest BCUT2D eigenvalue weighted by Gasteiger charge is -2.32. The Kier molecular flexibility index (Phi) is 5.32. The Bertz CT molecular complexity index is 882. The highest BCUT2D eigenvalue weighted by Crippen LogP contribution is 2.28. The second-order valence-electron chi connectivity index (χ2n) is 7.09. The van der Waals surface area contributed by atoms with Crippen molar-refractivity contribution in [3.8, 4) is 0 Å². The molecule has 1 unspecified atom stereocenters. The molecule has 0 aliphatic carbocycles. The molecule has 0 N–H and O–H groups in total. The van der Waals surface area contributed by atoms with Crippen LogP contribution in [-0.2, 0) is 34.3 Å². The van der Waals surface area contributed by atoms with Gasteiger partial charge in [0.05, 0.1) is 18.8 Å². The fraction of sp³-hybridized carbons (Fsp3) is 0.526. The van der Waals surface area contributed by atoms with Gasteiger partial charge in [-0.05, 0) is 18.4 Å². The zero-order valence-electron chi connectivity index (χ0n) is 15.5. The molecule has 1 aromatic heterocycles. The number of ether oxygens (including phenoxy) is 1. The van der Waals surface area contributed by atoms with Crippen LogP contribution in [-0.4, -0.2) is 54.9 Å². The van der Waals surface area contributed by atoms with Crippen molar-refractivity contribution < 1.29 is 17.6 Å². The Morgan fingerprint density at radius 3 is 2.85 bits per heavy atom. The molecule has 4 rings (SSSR count). The third-order valence-electron chi connectivity index (χ3n) is 5.24. The van der Waals surface area contributed by atoms with Crippen LogP contribution in [0.25, 0.3) is 0 Å². The summed E-state index contributed by atoms with van der Waals surface area (Å²) >= 11 is 0. The Hall–Kier alpha value is -1.74. The number of fused-ring (bicyclic) bond motifs is 1. The third-order valence-corrected chi connectivity index (χ3v) is 7.28. The van der Waals surface area contributed by atoms with Gasteiger partial charge in [0.15, 0.2) is 5.89 Å². The number of aromatic nitrogens is 1. The highest BCUT2D eigenvalue weighted by Gasteiger charge is 2.40. The molecular weight excluding hydrogens is 366 g/mol. The molecule has 27 heavy (non-hydrogen) atoms. The summed E-state index contributed by atoms with van der Waals surface area (Å²) in [6.45, 7) is 1.68. The van der Waals surface area contributed by atoms with Gasteiger partial charge in [-0.1, -0.05) is 30.3 Å². The van der Waals surface area contributed by atoms with Gasteiger partial charge in [-0.25, -0.2) is 4.98 Å². The maximum absolute atomic E-state index is 13.1. The van der Waals surface area contributed by atoms with Crippen LogP contribution >= 0.6 is 0 Å². The molecule has 2 aliphatic rings. The molecular formula is C19H25N3O4S. The van der Waals surface area contributed by atoms with Crippen LogP contribution in [0.15, 0.2) is 34.7 Å². The number of rotatable bonds is 6. The smallest absolute Gasteiger partial charge is 0.282 e. The van der Waals surface area contributed by atoms with Crippen molar-refractivity contribution in [3.63, 3.8) is 0 Å². The first-order valence-electron chi connectivity index (χ1n) is 9.35. The molecule has 1 atom stereocenters. The van der Waals surface area contributed by atoms with Crippen molar-refractivity contribution in [2.45, 2.75) is 38.3 Å². The van der Waals surface area contributed by atoms with Gasteiger partial charge in [0.25, 0.3) is 10.2 Å². The van der Waals surface area contributed by atoms with E-state index >= 15 is 0 Å². The summed E-state index contributed by atoms with van der Waals surface area (Å²) in [5, 5.41) is 0. The Morgan fingerprint density at radius 2 is 2.07 bits per heavy atom. The molecule has 0 radical (unpaired) electrons. The first-order valence-corrected chi connectivity index (χ1v) is 10.7. The molecule has 1 saturated heterocycles. The van der Waals surface area contributed by atoms with Gasteiger partial charge in [-0.2, -0.15) is 17.0 Å². The number of hydrogen-bond acceptors (Lipinski definition) is 5. The second-order valence-corrected chi connectivity index (χ2v) is 8.97. The molecule has 3 heterocycles. The van der Waals surface area contributed by atoms with E-state index in [1.165, 1.54) is 4.31 Å². The minimum atomic E-state index is -3.52. The van der Waals surface area contributed by atoms with Crippen LogP contribution in [0.2, 0.25) is 0 Å². The summed E-state index contributed by atoms with van der Waals surface area (Å²) < 4.78 is 40.4. The topological polar surface area (TPSA) is 75.9 Å². The predicted molar refractivity (Wildman–Crippen MR) is 100 cm³/mol. The van der Waals surface area contributed by atoms with E-state index in [0.717, 1.165) is 29.9 Å². The maximum Gasteiger partial charge on any atom is 0.282 e. The summed E-state index contributed by atoms with van der Waals surface area (Å²) in [4.78, 5) is 4.58. The van der Waals surface area contributed by atoms with Gasteiger partial charge >= 0.3 is 0 Å². The molecule has 1 fully saturated rings. The second kappa shape index (κ2) is 7.71. The zero-order valence-corrected chi connectivity index (χ0v) is 16.3. The fourth-order valence-electron chi connectivity index (χ4n) is 3.89. The van der Waals surface area contributed by atoms with Crippen LogP contribution in [0.5, 0.6) is 0 Å². The van der Waals surface area contributed by atoms with Crippen molar-refractivity contribution in [1.29, 1.82) is 0 Å². The van der Waals surface area contributed by atoms with Gasteiger partial charge < -0.3 is 9.15 Å². The van der Waals surface area contributed by atoms with Crippen molar-refractivity contribution >= 4 is 10.2 Å². The SMILES string of the molecule is COCC1CCCN1S(=O)(=O)N1CCc2oc(Cc3ccccc3)nc2C1. The molecule has 0 saturated carbocycles. The molecule has 2 aromatic rings. The molecule has 2 aliphatic heterocycles. The summed E-state index contributed by atoms with van der Waals surface area (Å²) in [7, 11) is -1.91. The van der Waals surface area contributed by atoms with E-state index in [9.17, 15) is 8.42 Å². The largest absolute Gasteiger partial charge is 0.445 e. The van der Waals surface area contributed by atoms with Crippen molar-refractivity contribution in [2.75, 3.05) is 26.8 Å². The van der Waals surface area contributed by atoms with E-state index in [1.807, 2.05) is 30.3 Å². The Balaban J connectivity index is 1.49. The Morgan fingerprint density at radius 1 is 1.26 bits per heavy atom. The summed E-state index contributed by atoms with van der Waals surface area (Å²) in [6, 6.07) is 9.93. The highest BCUT2D eigenvalue weighted by molar-refractivity contribution is 7.86. The highest BCUT2D eigenvalue weighted by atomic mass is 32.2. The average molecular weight is 391 g/mol. The first kappa shape index (κ1) is 18.6. The van der Waals surface area contributed by atoms with Gasteiger partial charge in [0.1, 0.15) is 5.76 Å². The lowest BCUT2D eigenvalue weighted by Crippen LogP contribution is -2.48. The first-order chi connectivity index (χ1) is 13.1. The van der Waals surface area contributed by atoms with Gasteiger partial charge in [-0.15, -0.1) is 0 Å². The van der Waals surface area contributed by atoms with E-state index in [-0.39, 0.29) is 12.6 Å². The number of nitrogens with zero attached hydrogens (tertiary/aromatic N) is 3. The van der Waals surface area contributed by atoms with Crippen molar-refractivity contribution in [1.82, 2.24) is 13.6 Å². The van der Waals surface area contributed by atoms with Gasteiger partial charge in [0.2, 0.25) is 0 Å².